The van der Waals surface area contributed by atoms with Crippen molar-refractivity contribution in [2.45, 2.75) is 12.5 Å². The molecule has 0 aliphatic carbocycles. The van der Waals surface area contributed by atoms with E-state index in [9.17, 15) is 8.78 Å². The molecular formula is C15H15F2NO. The van der Waals surface area contributed by atoms with Crippen LogP contribution >= 0.6 is 0 Å². The summed E-state index contributed by atoms with van der Waals surface area (Å²) in [7, 11) is 1.55. The number of rotatable bonds is 3. The molecule has 2 N–H and O–H groups in total. The van der Waals surface area contributed by atoms with Gasteiger partial charge in [-0.15, -0.1) is 0 Å². The first-order chi connectivity index (χ1) is 8.93. The predicted octanol–water partition coefficient (Wildman–Crippen LogP) is 3.20. The number of methoxy groups -OCH3 is 1. The molecule has 19 heavy (non-hydrogen) atoms. The molecule has 100 valence electrons. The van der Waals surface area contributed by atoms with E-state index < -0.39 is 17.2 Å². The largest absolute Gasteiger partial charge is 0.497 e. The lowest BCUT2D eigenvalue weighted by molar-refractivity contribution is 0.413. The number of benzene rings is 2. The van der Waals surface area contributed by atoms with Gasteiger partial charge in [0.25, 0.3) is 0 Å². The fourth-order valence-corrected chi connectivity index (χ4v) is 1.97. The van der Waals surface area contributed by atoms with Crippen LogP contribution in [0.2, 0.25) is 0 Å². The third kappa shape index (κ3) is 2.74. The SMILES string of the molecule is COc1cccc(C(C)(N)c2cc(F)cc(F)c2)c1. The zero-order valence-electron chi connectivity index (χ0n) is 10.8. The molecule has 4 heteroatoms. The molecule has 1 atom stereocenters. The quantitative estimate of drug-likeness (QED) is 0.923. The first-order valence-corrected chi connectivity index (χ1v) is 5.83. The molecule has 2 rings (SSSR count). The molecule has 0 fully saturated rings. The summed E-state index contributed by atoms with van der Waals surface area (Å²) in [4.78, 5) is 0. The van der Waals surface area contributed by atoms with Crippen molar-refractivity contribution in [2.75, 3.05) is 7.11 Å². The summed E-state index contributed by atoms with van der Waals surface area (Å²) in [5.74, 6) is -0.643. The van der Waals surface area contributed by atoms with Gasteiger partial charge in [-0.3, -0.25) is 0 Å². The van der Waals surface area contributed by atoms with Crippen LogP contribution in [0, 0.1) is 11.6 Å². The maximum Gasteiger partial charge on any atom is 0.126 e. The van der Waals surface area contributed by atoms with E-state index >= 15 is 0 Å². The van der Waals surface area contributed by atoms with Crippen LogP contribution in [0.25, 0.3) is 0 Å². The number of ether oxygens (including phenoxy) is 1. The van der Waals surface area contributed by atoms with E-state index in [0.717, 1.165) is 11.6 Å². The minimum absolute atomic E-state index is 0.373. The molecule has 0 bridgehead atoms. The van der Waals surface area contributed by atoms with Gasteiger partial charge in [0.15, 0.2) is 0 Å². The van der Waals surface area contributed by atoms with Gasteiger partial charge in [0.05, 0.1) is 12.6 Å². The minimum Gasteiger partial charge on any atom is -0.497 e. The second kappa shape index (κ2) is 4.97. The average molecular weight is 263 g/mol. The van der Waals surface area contributed by atoms with Crippen molar-refractivity contribution in [3.63, 3.8) is 0 Å². The Morgan fingerprint density at radius 2 is 1.63 bits per heavy atom. The molecule has 0 saturated carbocycles. The molecule has 0 spiro atoms. The highest BCUT2D eigenvalue weighted by Crippen LogP contribution is 2.29. The normalized spacial score (nSPS) is 13.9. The van der Waals surface area contributed by atoms with E-state index in [1.807, 2.05) is 0 Å². The Bertz CT molecular complexity index is 576. The summed E-state index contributed by atoms with van der Waals surface area (Å²) in [5.41, 5.74) is 6.32. The van der Waals surface area contributed by atoms with Crippen LogP contribution in [0.15, 0.2) is 42.5 Å². The highest BCUT2D eigenvalue weighted by atomic mass is 19.1. The van der Waals surface area contributed by atoms with E-state index in [2.05, 4.69) is 0 Å². The molecule has 2 nitrogen and oxygen atoms in total. The molecule has 0 saturated heterocycles. The molecule has 0 amide bonds. The van der Waals surface area contributed by atoms with Crippen molar-refractivity contribution in [1.82, 2.24) is 0 Å². The Labute approximate surface area is 110 Å². The highest BCUT2D eigenvalue weighted by molar-refractivity contribution is 5.40. The molecule has 2 aromatic rings. The first kappa shape index (κ1) is 13.5. The topological polar surface area (TPSA) is 35.2 Å². The molecule has 0 heterocycles. The average Bonchev–Trinajstić information content (AvgIpc) is 2.37. The summed E-state index contributed by atoms with van der Waals surface area (Å²) in [5, 5.41) is 0. The monoisotopic (exact) mass is 263 g/mol. The number of halogens is 2. The fourth-order valence-electron chi connectivity index (χ4n) is 1.97. The second-order valence-corrected chi connectivity index (χ2v) is 4.59. The minimum atomic E-state index is -1.00. The van der Waals surface area contributed by atoms with Gasteiger partial charge in [0.1, 0.15) is 17.4 Å². The van der Waals surface area contributed by atoms with E-state index in [4.69, 9.17) is 10.5 Å². The van der Waals surface area contributed by atoms with Crippen LogP contribution < -0.4 is 10.5 Å². The third-order valence-electron chi connectivity index (χ3n) is 3.13. The van der Waals surface area contributed by atoms with E-state index in [-0.39, 0.29) is 0 Å². The Morgan fingerprint density at radius 3 is 2.21 bits per heavy atom. The van der Waals surface area contributed by atoms with Crippen LogP contribution in [0.1, 0.15) is 18.1 Å². The lowest BCUT2D eigenvalue weighted by Gasteiger charge is -2.26. The van der Waals surface area contributed by atoms with Crippen LogP contribution in [0.4, 0.5) is 8.78 Å². The van der Waals surface area contributed by atoms with Crippen molar-refractivity contribution in [3.8, 4) is 5.75 Å². The second-order valence-electron chi connectivity index (χ2n) is 4.59. The van der Waals surface area contributed by atoms with Gasteiger partial charge < -0.3 is 10.5 Å². The maximum atomic E-state index is 13.3. The van der Waals surface area contributed by atoms with Crippen LogP contribution in [-0.4, -0.2) is 7.11 Å². The molecule has 0 radical (unpaired) electrons. The van der Waals surface area contributed by atoms with Crippen LogP contribution in [0.5, 0.6) is 5.75 Å². The van der Waals surface area contributed by atoms with Crippen LogP contribution in [-0.2, 0) is 5.54 Å². The van der Waals surface area contributed by atoms with Gasteiger partial charge in [-0.05, 0) is 42.3 Å². The van der Waals surface area contributed by atoms with Crippen molar-refractivity contribution in [1.29, 1.82) is 0 Å². The Hall–Kier alpha value is -1.94. The number of hydrogen-bond donors (Lipinski definition) is 1. The third-order valence-corrected chi connectivity index (χ3v) is 3.13. The molecule has 0 aliphatic rings. The van der Waals surface area contributed by atoms with E-state index in [0.29, 0.717) is 11.3 Å². The van der Waals surface area contributed by atoms with Crippen molar-refractivity contribution >= 4 is 0 Å². The van der Waals surface area contributed by atoms with Gasteiger partial charge >= 0.3 is 0 Å². The Kier molecular flexibility index (Phi) is 3.53. The van der Waals surface area contributed by atoms with Crippen molar-refractivity contribution < 1.29 is 13.5 Å². The van der Waals surface area contributed by atoms with Crippen molar-refractivity contribution in [2.24, 2.45) is 5.73 Å². The molecular weight excluding hydrogens is 248 g/mol. The smallest absolute Gasteiger partial charge is 0.126 e. The fraction of sp³-hybridized carbons (Fsp3) is 0.200. The van der Waals surface area contributed by atoms with Crippen LogP contribution in [0.3, 0.4) is 0 Å². The zero-order valence-corrected chi connectivity index (χ0v) is 10.8. The Morgan fingerprint density at radius 1 is 1.00 bits per heavy atom. The molecule has 2 aromatic carbocycles. The summed E-state index contributed by atoms with van der Waals surface area (Å²) in [6.45, 7) is 1.70. The van der Waals surface area contributed by atoms with Gasteiger partial charge in [0, 0.05) is 6.07 Å². The summed E-state index contributed by atoms with van der Waals surface area (Å²) < 4.78 is 31.7. The number of nitrogens with two attached hydrogens (primary N) is 1. The van der Waals surface area contributed by atoms with Gasteiger partial charge in [-0.25, -0.2) is 8.78 Å². The lowest BCUT2D eigenvalue weighted by atomic mass is 9.85. The van der Waals surface area contributed by atoms with Crippen molar-refractivity contribution in [3.05, 3.63) is 65.2 Å². The predicted molar refractivity (Wildman–Crippen MR) is 70.0 cm³/mol. The number of hydrogen-bond acceptors (Lipinski definition) is 2. The van der Waals surface area contributed by atoms with Gasteiger partial charge in [-0.1, -0.05) is 12.1 Å². The lowest BCUT2D eigenvalue weighted by Crippen LogP contribution is -2.34. The molecule has 0 aliphatic heterocycles. The van der Waals surface area contributed by atoms with Gasteiger partial charge in [-0.2, -0.15) is 0 Å². The van der Waals surface area contributed by atoms with Gasteiger partial charge in [0.2, 0.25) is 0 Å². The van der Waals surface area contributed by atoms with E-state index in [1.54, 1.807) is 38.3 Å². The first-order valence-electron chi connectivity index (χ1n) is 5.83. The Balaban J connectivity index is 2.50. The maximum absolute atomic E-state index is 13.3. The highest BCUT2D eigenvalue weighted by Gasteiger charge is 2.25. The zero-order chi connectivity index (χ0) is 14.0. The standard InChI is InChI=1S/C15H15F2NO/c1-15(18,10-4-3-5-14(8-10)19-2)11-6-12(16)9-13(17)7-11/h3-9H,18H2,1-2H3. The summed E-state index contributed by atoms with van der Waals surface area (Å²) >= 11 is 0. The summed E-state index contributed by atoms with van der Waals surface area (Å²) in [6, 6.07) is 10.4. The van der Waals surface area contributed by atoms with E-state index in [1.165, 1.54) is 12.1 Å². The molecule has 1 unspecified atom stereocenters. The summed E-state index contributed by atoms with van der Waals surface area (Å²) in [6.07, 6.45) is 0. The molecule has 0 aromatic heterocycles.